The van der Waals surface area contributed by atoms with Crippen molar-refractivity contribution in [3.8, 4) is 17.2 Å². The highest BCUT2D eigenvalue weighted by Gasteiger charge is 2.15. The third-order valence-electron chi connectivity index (χ3n) is 4.20. The molecule has 162 valence electrons. The van der Waals surface area contributed by atoms with E-state index in [1.807, 2.05) is 0 Å². The van der Waals surface area contributed by atoms with Crippen LogP contribution in [0.4, 0.5) is 11.4 Å². The molecule has 9 heteroatoms. The lowest BCUT2D eigenvalue weighted by atomic mass is 10.3. The molecule has 3 rings (SSSR count). The van der Waals surface area contributed by atoms with E-state index in [-0.39, 0.29) is 17.4 Å². The van der Waals surface area contributed by atoms with Gasteiger partial charge in [-0.1, -0.05) is 6.07 Å². The maximum atomic E-state index is 12.6. The van der Waals surface area contributed by atoms with Crippen LogP contribution in [0.1, 0.15) is 0 Å². The van der Waals surface area contributed by atoms with Crippen molar-refractivity contribution in [2.75, 3.05) is 30.9 Å². The summed E-state index contributed by atoms with van der Waals surface area (Å²) in [7, 11) is -0.722. The van der Waals surface area contributed by atoms with Crippen molar-refractivity contribution >= 4 is 27.3 Å². The SMILES string of the molecule is COc1ccc(OCC(=O)Nc2ccc(S(=O)(=O)Nc3cccc(OC)c3)cc2)cc1. The number of sulfonamides is 1. The number of ether oxygens (including phenoxy) is 3. The number of hydrogen-bond donors (Lipinski definition) is 2. The minimum Gasteiger partial charge on any atom is -0.497 e. The summed E-state index contributed by atoms with van der Waals surface area (Å²) in [5.41, 5.74) is 0.830. The topological polar surface area (TPSA) is 103 Å². The average molecular weight is 442 g/mol. The van der Waals surface area contributed by atoms with Crippen molar-refractivity contribution in [1.82, 2.24) is 0 Å². The van der Waals surface area contributed by atoms with Crippen LogP contribution in [0.25, 0.3) is 0 Å². The van der Waals surface area contributed by atoms with Gasteiger partial charge in [0.1, 0.15) is 17.2 Å². The normalized spacial score (nSPS) is 10.8. The molecule has 0 heterocycles. The summed E-state index contributed by atoms with van der Waals surface area (Å²) in [5, 5.41) is 2.66. The molecule has 2 N–H and O–H groups in total. The molecule has 8 nitrogen and oxygen atoms in total. The molecule has 0 aliphatic heterocycles. The van der Waals surface area contributed by atoms with Crippen molar-refractivity contribution in [2.24, 2.45) is 0 Å². The molecule has 0 spiro atoms. The number of benzene rings is 3. The van der Waals surface area contributed by atoms with Crippen LogP contribution in [0.3, 0.4) is 0 Å². The van der Waals surface area contributed by atoms with Gasteiger partial charge < -0.3 is 19.5 Å². The standard InChI is InChI=1S/C22H22N2O6S/c1-28-18-8-10-19(11-9-18)30-15-22(25)23-16-6-12-21(13-7-16)31(26,27)24-17-4-3-5-20(14-17)29-2/h3-14,24H,15H2,1-2H3,(H,23,25). The van der Waals surface area contributed by atoms with Crippen molar-refractivity contribution in [3.05, 3.63) is 72.8 Å². The minimum atomic E-state index is -3.79. The molecular weight excluding hydrogens is 420 g/mol. The molecule has 3 aromatic carbocycles. The summed E-state index contributed by atoms with van der Waals surface area (Å²) in [6.07, 6.45) is 0. The Kier molecular flexibility index (Phi) is 6.99. The predicted octanol–water partition coefficient (Wildman–Crippen LogP) is 3.52. The van der Waals surface area contributed by atoms with Gasteiger partial charge in [-0.2, -0.15) is 0 Å². The van der Waals surface area contributed by atoms with Gasteiger partial charge in [0.05, 0.1) is 24.8 Å². The van der Waals surface area contributed by atoms with Crippen molar-refractivity contribution in [1.29, 1.82) is 0 Å². The Hall–Kier alpha value is -3.72. The lowest BCUT2D eigenvalue weighted by Crippen LogP contribution is -2.20. The maximum absolute atomic E-state index is 12.6. The summed E-state index contributed by atoms with van der Waals surface area (Å²) in [4.78, 5) is 12.1. The lowest BCUT2D eigenvalue weighted by Gasteiger charge is -2.11. The summed E-state index contributed by atoms with van der Waals surface area (Å²) >= 11 is 0. The fourth-order valence-electron chi connectivity index (χ4n) is 2.64. The summed E-state index contributed by atoms with van der Waals surface area (Å²) in [5.74, 6) is 1.38. The predicted molar refractivity (Wildman–Crippen MR) is 117 cm³/mol. The second-order valence-electron chi connectivity index (χ2n) is 6.37. The molecule has 31 heavy (non-hydrogen) atoms. The molecule has 0 radical (unpaired) electrons. The number of hydrogen-bond acceptors (Lipinski definition) is 6. The Morgan fingerprint density at radius 3 is 2.10 bits per heavy atom. The second-order valence-corrected chi connectivity index (χ2v) is 8.06. The second kappa shape index (κ2) is 9.86. The largest absolute Gasteiger partial charge is 0.497 e. The number of carbonyl (C=O) groups excluding carboxylic acids is 1. The van der Waals surface area contributed by atoms with E-state index in [1.165, 1.54) is 31.4 Å². The molecule has 0 unspecified atom stereocenters. The first kappa shape index (κ1) is 22.0. The first-order chi connectivity index (χ1) is 14.9. The summed E-state index contributed by atoms with van der Waals surface area (Å²) < 4.78 is 43.2. The molecule has 1 amide bonds. The lowest BCUT2D eigenvalue weighted by molar-refractivity contribution is -0.118. The van der Waals surface area contributed by atoms with Gasteiger partial charge in [-0.05, 0) is 60.7 Å². The van der Waals surface area contributed by atoms with Crippen LogP contribution in [-0.2, 0) is 14.8 Å². The third kappa shape index (κ3) is 6.13. The van der Waals surface area contributed by atoms with Crippen LogP contribution < -0.4 is 24.2 Å². The van der Waals surface area contributed by atoms with Gasteiger partial charge in [0.25, 0.3) is 15.9 Å². The zero-order valence-corrected chi connectivity index (χ0v) is 17.8. The van der Waals surface area contributed by atoms with E-state index < -0.39 is 10.0 Å². The third-order valence-corrected chi connectivity index (χ3v) is 5.60. The van der Waals surface area contributed by atoms with Crippen LogP contribution in [0.2, 0.25) is 0 Å². The van der Waals surface area contributed by atoms with Gasteiger partial charge in [0, 0.05) is 11.8 Å². The molecule has 0 saturated carbocycles. The highest BCUT2D eigenvalue weighted by Crippen LogP contribution is 2.22. The molecule has 0 bridgehead atoms. The van der Waals surface area contributed by atoms with Gasteiger partial charge >= 0.3 is 0 Å². The molecule has 0 fully saturated rings. The number of amides is 1. The van der Waals surface area contributed by atoms with Gasteiger partial charge in [-0.3, -0.25) is 9.52 Å². The quantitative estimate of drug-likeness (QED) is 0.526. The molecule has 0 aliphatic carbocycles. The highest BCUT2D eigenvalue weighted by atomic mass is 32.2. The number of anilines is 2. The van der Waals surface area contributed by atoms with E-state index in [0.717, 1.165) is 0 Å². The van der Waals surface area contributed by atoms with Gasteiger partial charge in [-0.25, -0.2) is 8.42 Å². The van der Waals surface area contributed by atoms with Gasteiger partial charge in [0.2, 0.25) is 0 Å². The fourth-order valence-corrected chi connectivity index (χ4v) is 3.69. The molecule has 0 saturated heterocycles. The van der Waals surface area contributed by atoms with Crippen molar-refractivity contribution < 1.29 is 27.4 Å². The van der Waals surface area contributed by atoms with E-state index in [4.69, 9.17) is 14.2 Å². The van der Waals surface area contributed by atoms with E-state index in [0.29, 0.717) is 28.6 Å². The van der Waals surface area contributed by atoms with Gasteiger partial charge in [-0.15, -0.1) is 0 Å². The van der Waals surface area contributed by atoms with Crippen molar-refractivity contribution in [3.63, 3.8) is 0 Å². The number of methoxy groups -OCH3 is 2. The Bertz CT molecular complexity index is 1130. The van der Waals surface area contributed by atoms with Crippen LogP contribution in [0.15, 0.2) is 77.7 Å². The van der Waals surface area contributed by atoms with Crippen LogP contribution in [0, 0.1) is 0 Å². The number of carbonyl (C=O) groups is 1. The Balaban J connectivity index is 1.57. The fraction of sp³-hybridized carbons (Fsp3) is 0.136. The number of nitrogens with one attached hydrogen (secondary N) is 2. The van der Waals surface area contributed by atoms with E-state index >= 15 is 0 Å². The Labute approximate surface area is 180 Å². The van der Waals surface area contributed by atoms with Crippen LogP contribution >= 0.6 is 0 Å². The minimum absolute atomic E-state index is 0.0581. The van der Waals surface area contributed by atoms with Crippen LogP contribution in [0.5, 0.6) is 17.2 Å². The van der Waals surface area contributed by atoms with E-state index in [1.54, 1.807) is 55.6 Å². The zero-order chi connectivity index (χ0) is 22.3. The van der Waals surface area contributed by atoms with E-state index in [9.17, 15) is 13.2 Å². The van der Waals surface area contributed by atoms with Crippen LogP contribution in [-0.4, -0.2) is 35.2 Å². The molecule has 3 aromatic rings. The molecular formula is C22H22N2O6S. The average Bonchev–Trinajstić information content (AvgIpc) is 2.78. The maximum Gasteiger partial charge on any atom is 0.262 e. The Morgan fingerprint density at radius 1 is 0.806 bits per heavy atom. The smallest absolute Gasteiger partial charge is 0.262 e. The van der Waals surface area contributed by atoms with Crippen molar-refractivity contribution in [2.45, 2.75) is 4.90 Å². The molecule has 0 aliphatic rings. The first-order valence-electron chi connectivity index (χ1n) is 9.23. The Morgan fingerprint density at radius 2 is 1.45 bits per heavy atom. The summed E-state index contributed by atoms with van der Waals surface area (Å²) in [6.45, 7) is -0.191. The number of rotatable bonds is 9. The highest BCUT2D eigenvalue weighted by molar-refractivity contribution is 7.92. The monoisotopic (exact) mass is 442 g/mol. The zero-order valence-electron chi connectivity index (χ0n) is 17.0. The summed E-state index contributed by atoms with van der Waals surface area (Å²) in [6, 6.07) is 19.3. The first-order valence-corrected chi connectivity index (χ1v) is 10.7. The van der Waals surface area contributed by atoms with Gasteiger partial charge in [0.15, 0.2) is 6.61 Å². The molecule has 0 aromatic heterocycles. The molecule has 0 atom stereocenters. The van der Waals surface area contributed by atoms with E-state index in [2.05, 4.69) is 10.0 Å².